The van der Waals surface area contributed by atoms with Gasteiger partial charge in [-0.2, -0.15) is 5.10 Å². The van der Waals surface area contributed by atoms with Crippen molar-refractivity contribution in [1.82, 2.24) is 14.7 Å². The molecule has 1 fully saturated rings. The van der Waals surface area contributed by atoms with Crippen LogP contribution in [0.25, 0.3) is 11.3 Å². The lowest BCUT2D eigenvalue weighted by Gasteiger charge is -2.12. The summed E-state index contributed by atoms with van der Waals surface area (Å²) in [7, 11) is 1.90. The molecule has 1 aliphatic rings. The zero-order chi connectivity index (χ0) is 15.0. The molecule has 0 aliphatic carbocycles. The maximum Gasteiger partial charge on any atom is 0.274 e. The first-order valence-corrected chi connectivity index (χ1v) is 7.47. The second kappa shape index (κ2) is 5.35. The molecule has 110 valence electrons. The van der Waals surface area contributed by atoms with Crippen LogP contribution in [-0.4, -0.2) is 33.7 Å². The average Bonchev–Trinajstić information content (AvgIpc) is 3.10. The third kappa shape index (κ3) is 2.58. The molecule has 1 aromatic carbocycles. The summed E-state index contributed by atoms with van der Waals surface area (Å²) in [5.41, 5.74) is 5.10. The summed E-state index contributed by atoms with van der Waals surface area (Å²) in [4.78, 5) is 14.3. The highest BCUT2D eigenvalue weighted by atomic mass is 16.2. The quantitative estimate of drug-likeness (QED) is 0.850. The summed E-state index contributed by atoms with van der Waals surface area (Å²) in [6, 6.07) is 8.28. The maximum absolute atomic E-state index is 12.4. The molecule has 0 spiro atoms. The Balaban J connectivity index is 1.97. The first-order valence-electron chi connectivity index (χ1n) is 7.47. The van der Waals surface area contributed by atoms with E-state index in [0.717, 1.165) is 37.2 Å². The van der Waals surface area contributed by atoms with E-state index in [2.05, 4.69) is 37.1 Å². The molecule has 1 amide bonds. The zero-order valence-corrected chi connectivity index (χ0v) is 12.9. The molecule has 0 unspecified atom stereocenters. The minimum absolute atomic E-state index is 0.0552. The predicted molar refractivity (Wildman–Crippen MR) is 83.3 cm³/mol. The molecule has 0 saturated carbocycles. The molecule has 4 nitrogen and oxygen atoms in total. The minimum Gasteiger partial charge on any atom is -0.337 e. The zero-order valence-electron chi connectivity index (χ0n) is 12.9. The number of benzene rings is 1. The third-order valence-electron chi connectivity index (χ3n) is 4.16. The van der Waals surface area contributed by atoms with E-state index in [4.69, 9.17) is 0 Å². The lowest BCUT2D eigenvalue weighted by atomic mass is 10.0. The molecule has 1 saturated heterocycles. The van der Waals surface area contributed by atoms with Gasteiger partial charge in [-0.15, -0.1) is 0 Å². The average molecular weight is 283 g/mol. The molecule has 0 atom stereocenters. The molecule has 2 aromatic rings. The van der Waals surface area contributed by atoms with Crippen LogP contribution in [-0.2, 0) is 7.05 Å². The number of aryl methyl sites for hydroxylation is 3. The largest absolute Gasteiger partial charge is 0.337 e. The van der Waals surface area contributed by atoms with Gasteiger partial charge in [0.05, 0.1) is 5.69 Å². The summed E-state index contributed by atoms with van der Waals surface area (Å²) in [6.07, 6.45) is 2.20. The fraction of sp³-hybridized carbons (Fsp3) is 0.412. The van der Waals surface area contributed by atoms with Crippen LogP contribution >= 0.6 is 0 Å². The van der Waals surface area contributed by atoms with Crippen molar-refractivity contribution in [3.63, 3.8) is 0 Å². The lowest BCUT2D eigenvalue weighted by Crippen LogP contribution is -2.28. The van der Waals surface area contributed by atoms with E-state index in [-0.39, 0.29) is 5.91 Å². The fourth-order valence-corrected chi connectivity index (χ4v) is 2.92. The highest BCUT2D eigenvalue weighted by molar-refractivity contribution is 5.93. The van der Waals surface area contributed by atoms with Crippen LogP contribution in [0.1, 0.15) is 34.5 Å². The van der Waals surface area contributed by atoms with Crippen LogP contribution in [0.5, 0.6) is 0 Å². The summed E-state index contributed by atoms with van der Waals surface area (Å²) in [6.45, 7) is 5.88. The Kier molecular flexibility index (Phi) is 3.53. The monoisotopic (exact) mass is 283 g/mol. The van der Waals surface area contributed by atoms with Crippen LogP contribution in [0, 0.1) is 13.8 Å². The second-order valence-electron chi connectivity index (χ2n) is 5.86. The smallest absolute Gasteiger partial charge is 0.274 e. The number of likely N-dealkylation sites (tertiary alicyclic amines) is 1. The number of amides is 1. The minimum atomic E-state index is 0.0552. The Morgan fingerprint density at radius 3 is 2.57 bits per heavy atom. The van der Waals surface area contributed by atoms with E-state index >= 15 is 0 Å². The van der Waals surface area contributed by atoms with E-state index in [0.29, 0.717) is 5.69 Å². The van der Waals surface area contributed by atoms with Crippen LogP contribution in [0.4, 0.5) is 0 Å². The molecule has 2 heterocycles. The van der Waals surface area contributed by atoms with Crippen LogP contribution in [0.15, 0.2) is 24.3 Å². The first-order chi connectivity index (χ1) is 10.1. The van der Waals surface area contributed by atoms with Crippen molar-refractivity contribution >= 4 is 5.91 Å². The third-order valence-corrected chi connectivity index (χ3v) is 4.16. The Morgan fingerprint density at radius 1 is 1.14 bits per heavy atom. The lowest BCUT2D eigenvalue weighted by molar-refractivity contribution is 0.0786. The SMILES string of the molecule is Cc1ccc(C)c(-c2cc(C(=O)N3CCCC3)nn2C)c1. The first kappa shape index (κ1) is 13.9. The number of aromatic nitrogens is 2. The van der Waals surface area contributed by atoms with Gasteiger partial charge in [0.25, 0.3) is 5.91 Å². The van der Waals surface area contributed by atoms with Gasteiger partial charge in [0.15, 0.2) is 5.69 Å². The van der Waals surface area contributed by atoms with Crippen molar-refractivity contribution in [2.75, 3.05) is 13.1 Å². The van der Waals surface area contributed by atoms with Gasteiger partial charge in [0, 0.05) is 25.7 Å². The Morgan fingerprint density at radius 2 is 1.86 bits per heavy atom. The molecule has 3 rings (SSSR count). The van der Waals surface area contributed by atoms with E-state index < -0.39 is 0 Å². The highest BCUT2D eigenvalue weighted by Crippen LogP contribution is 2.25. The molecule has 1 aromatic heterocycles. The number of nitrogens with zero attached hydrogens (tertiary/aromatic N) is 3. The summed E-state index contributed by atoms with van der Waals surface area (Å²) >= 11 is 0. The Bertz CT molecular complexity index is 681. The molecule has 1 aliphatic heterocycles. The van der Waals surface area contributed by atoms with Gasteiger partial charge >= 0.3 is 0 Å². The van der Waals surface area contributed by atoms with E-state index in [9.17, 15) is 4.79 Å². The molecule has 21 heavy (non-hydrogen) atoms. The number of rotatable bonds is 2. The standard InChI is InChI=1S/C17H21N3O/c1-12-6-7-13(2)14(10-12)16-11-15(18-19(16)3)17(21)20-8-4-5-9-20/h6-7,10-11H,4-5,8-9H2,1-3H3. The molecule has 4 heteroatoms. The fourth-order valence-electron chi connectivity index (χ4n) is 2.92. The van der Waals surface area contributed by atoms with Gasteiger partial charge < -0.3 is 4.90 Å². The van der Waals surface area contributed by atoms with Crippen molar-refractivity contribution in [3.05, 3.63) is 41.1 Å². The van der Waals surface area contributed by atoms with Crippen molar-refractivity contribution in [2.45, 2.75) is 26.7 Å². The van der Waals surface area contributed by atoms with E-state index in [1.54, 1.807) is 0 Å². The molecule has 0 bridgehead atoms. The second-order valence-corrected chi connectivity index (χ2v) is 5.86. The van der Waals surface area contributed by atoms with Gasteiger partial charge in [-0.05, 0) is 44.4 Å². The van der Waals surface area contributed by atoms with Crippen molar-refractivity contribution in [1.29, 1.82) is 0 Å². The number of hydrogen-bond donors (Lipinski definition) is 0. The number of carbonyl (C=O) groups is 1. The molecular formula is C17H21N3O. The van der Waals surface area contributed by atoms with Gasteiger partial charge in [0.1, 0.15) is 0 Å². The summed E-state index contributed by atoms with van der Waals surface area (Å²) in [5, 5.41) is 4.43. The highest BCUT2D eigenvalue weighted by Gasteiger charge is 2.23. The van der Waals surface area contributed by atoms with Crippen LogP contribution in [0.2, 0.25) is 0 Å². The summed E-state index contributed by atoms with van der Waals surface area (Å²) in [5.74, 6) is 0.0552. The van der Waals surface area contributed by atoms with Crippen LogP contribution in [0.3, 0.4) is 0 Å². The number of hydrogen-bond acceptors (Lipinski definition) is 2. The van der Waals surface area contributed by atoms with E-state index in [1.807, 2.05) is 22.7 Å². The Hall–Kier alpha value is -2.10. The Labute approximate surface area is 125 Å². The van der Waals surface area contributed by atoms with Crippen molar-refractivity contribution in [2.24, 2.45) is 7.05 Å². The predicted octanol–water partition coefficient (Wildman–Crippen LogP) is 2.94. The van der Waals surface area contributed by atoms with Gasteiger partial charge in [-0.25, -0.2) is 0 Å². The van der Waals surface area contributed by atoms with Gasteiger partial charge in [-0.3, -0.25) is 9.48 Å². The molecule has 0 N–H and O–H groups in total. The van der Waals surface area contributed by atoms with Gasteiger partial charge in [0.2, 0.25) is 0 Å². The van der Waals surface area contributed by atoms with Gasteiger partial charge in [-0.1, -0.05) is 17.7 Å². The summed E-state index contributed by atoms with van der Waals surface area (Å²) < 4.78 is 1.81. The maximum atomic E-state index is 12.4. The van der Waals surface area contributed by atoms with Crippen molar-refractivity contribution in [3.8, 4) is 11.3 Å². The van der Waals surface area contributed by atoms with E-state index in [1.165, 1.54) is 11.1 Å². The number of carbonyl (C=O) groups excluding carboxylic acids is 1. The van der Waals surface area contributed by atoms with Crippen molar-refractivity contribution < 1.29 is 4.79 Å². The normalized spacial score (nSPS) is 14.7. The topological polar surface area (TPSA) is 38.1 Å². The molecule has 0 radical (unpaired) electrons. The molecular weight excluding hydrogens is 262 g/mol. The van der Waals surface area contributed by atoms with Crippen LogP contribution < -0.4 is 0 Å².